The van der Waals surface area contributed by atoms with Gasteiger partial charge in [0.05, 0.1) is 17.7 Å². The number of ether oxygens (including phenoxy) is 1. The minimum atomic E-state index is -0.663. The molecule has 1 N–H and O–H groups in total. The number of carbonyl (C=O) groups is 2. The monoisotopic (exact) mass is 464 g/mol. The summed E-state index contributed by atoms with van der Waals surface area (Å²) in [6.07, 6.45) is 0.0255. The van der Waals surface area contributed by atoms with E-state index in [0.29, 0.717) is 24.4 Å². The van der Waals surface area contributed by atoms with Crippen LogP contribution in [0.2, 0.25) is 0 Å². The van der Waals surface area contributed by atoms with Crippen LogP contribution in [0.1, 0.15) is 57.4 Å². The molecule has 1 amide bonds. The number of Topliss-reactive ketones (excluding diaryl/α,β-unsaturated/α-hetero) is 1. The highest BCUT2D eigenvalue weighted by molar-refractivity contribution is 6.46. The Labute approximate surface area is 202 Å². The van der Waals surface area contributed by atoms with Crippen molar-refractivity contribution in [3.8, 4) is 5.75 Å². The van der Waals surface area contributed by atoms with Crippen molar-refractivity contribution in [1.82, 2.24) is 9.80 Å². The van der Waals surface area contributed by atoms with Gasteiger partial charge in [-0.05, 0) is 68.8 Å². The first kappa shape index (κ1) is 25.5. The van der Waals surface area contributed by atoms with Crippen LogP contribution in [0.3, 0.4) is 0 Å². The minimum absolute atomic E-state index is 0.0228. The Morgan fingerprint density at radius 1 is 1.03 bits per heavy atom. The molecule has 1 aliphatic rings. The second kappa shape index (κ2) is 10.0. The van der Waals surface area contributed by atoms with Crippen molar-refractivity contribution in [2.45, 2.75) is 52.2 Å². The Morgan fingerprint density at radius 3 is 2.12 bits per heavy atom. The lowest BCUT2D eigenvalue weighted by molar-refractivity contribution is -0.140. The van der Waals surface area contributed by atoms with Gasteiger partial charge >= 0.3 is 0 Å². The zero-order valence-corrected chi connectivity index (χ0v) is 21.3. The van der Waals surface area contributed by atoms with Crippen LogP contribution in [-0.4, -0.2) is 59.9 Å². The highest BCUT2D eigenvalue weighted by Crippen LogP contribution is 2.40. The minimum Gasteiger partial charge on any atom is -0.507 e. The average molecular weight is 465 g/mol. The molecule has 0 unspecified atom stereocenters. The van der Waals surface area contributed by atoms with Crippen LogP contribution in [-0.2, 0) is 15.0 Å². The maximum Gasteiger partial charge on any atom is 0.295 e. The van der Waals surface area contributed by atoms with E-state index in [-0.39, 0.29) is 22.9 Å². The van der Waals surface area contributed by atoms with Crippen molar-refractivity contribution in [3.63, 3.8) is 0 Å². The van der Waals surface area contributed by atoms with E-state index in [1.165, 1.54) is 0 Å². The van der Waals surface area contributed by atoms with Gasteiger partial charge in [-0.3, -0.25) is 9.59 Å². The van der Waals surface area contributed by atoms with Crippen molar-refractivity contribution in [1.29, 1.82) is 0 Å². The fourth-order valence-corrected chi connectivity index (χ4v) is 4.05. The quantitative estimate of drug-likeness (QED) is 0.364. The molecular weight excluding hydrogens is 428 g/mol. The lowest BCUT2D eigenvalue weighted by atomic mass is 9.85. The molecule has 182 valence electrons. The number of likely N-dealkylation sites (tertiary alicyclic amines) is 1. The van der Waals surface area contributed by atoms with Gasteiger partial charge in [-0.25, -0.2) is 0 Å². The number of aliphatic hydroxyl groups is 1. The highest BCUT2D eigenvalue weighted by atomic mass is 16.5. The van der Waals surface area contributed by atoms with Gasteiger partial charge in [0.25, 0.3) is 11.7 Å². The summed E-state index contributed by atoms with van der Waals surface area (Å²) in [7, 11) is 3.84. The van der Waals surface area contributed by atoms with E-state index in [1.807, 2.05) is 57.1 Å². The summed E-state index contributed by atoms with van der Waals surface area (Å²) in [5, 5.41) is 11.2. The molecule has 0 radical (unpaired) electrons. The number of aliphatic hydroxyl groups excluding tert-OH is 1. The van der Waals surface area contributed by atoms with E-state index >= 15 is 0 Å². The van der Waals surface area contributed by atoms with Crippen molar-refractivity contribution in [3.05, 3.63) is 70.8 Å². The van der Waals surface area contributed by atoms with E-state index < -0.39 is 17.7 Å². The van der Waals surface area contributed by atoms with Crippen LogP contribution in [0.15, 0.2) is 54.1 Å². The predicted molar refractivity (Wildman–Crippen MR) is 135 cm³/mol. The molecule has 1 saturated heterocycles. The maximum atomic E-state index is 13.2. The summed E-state index contributed by atoms with van der Waals surface area (Å²) >= 11 is 0. The van der Waals surface area contributed by atoms with Crippen LogP contribution in [0.4, 0.5) is 0 Å². The Bertz CT molecular complexity index is 1060. The predicted octanol–water partition coefficient (Wildman–Crippen LogP) is 4.75. The van der Waals surface area contributed by atoms with Gasteiger partial charge < -0.3 is 19.6 Å². The Morgan fingerprint density at radius 2 is 1.62 bits per heavy atom. The molecular formula is C28H36N2O4. The summed E-state index contributed by atoms with van der Waals surface area (Å²) in [6, 6.07) is 14.2. The largest absolute Gasteiger partial charge is 0.507 e. The first-order valence-corrected chi connectivity index (χ1v) is 11.7. The summed E-state index contributed by atoms with van der Waals surface area (Å²) < 4.78 is 5.68. The molecule has 0 bridgehead atoms. The van der Waals surface area contributed by atoms with Crippen molar-refractivity contribution in [2.24, 2.45) is 0 Å². The third-order valence-electron chi connectivity index (χ3n) is 5.92. The molecule has 1 aliphatic heterocycles. The summed E-state index contributed by atoms with van der Waals surface area (Å²) in [6.45, 7) is 11.3. The molecule has 34 heavy (non-hydrogen) atoms. The number of hydrogen-bond donors (Lipinski definition) is 1. The van der Waals surface area contributed by atoms with Crippen LogP contribution in [0.5, 0.6) is 5.75 Å². The molecule has 0 aliphatic carbocycles. The molecule has 1 atom stereocenters. The number of hydrogen-bond acceptors (Lipinski definition) is 5. The second-order valence-corrected chi connectivity index (χ2v) is 10.4. The SMILES string of the molecule is CC(C)Oc1ccc(/C(O)=C2\C(=O)C(=O)N(CCN(C)C)[C@H]2c2ccc(C(C)(C)C)cc2)cc1. The number of nitrogens with zero attached hydrogens (tertiary/aromatic N) is 2. The third kappa shape index (κ3) is 5.50. The summed E-state index contributed by atoms with van der Waals surface area (Å²) in [5.74, 6) is -0.754. The normalized spacial score (nSPS) is 18.3. The summed E-state index contributed by atoms with van der Waals surface area (Å²) in [4.78, 5) is 29.7. The van der Waals surface area contributed by atoms with E-state index in [9.17, 15) is 14.7 Å². The lowest BCUT2D eigenvalue weighted by Gasteiger charge is -2.27. The lowest BCUT2D eigenvalue weighted by Crippen LogP contribution is -2.35. The first-order chi connectivity index (χ1) is 15.9. The molecule has 2 aromatic rings. The van der Waals surface area contributed by atoms with Crippen molar-refractivity contribution < 1.29 is 19.4 Å². The van der Waals surface area contributed by atoms with Gasteiger partial charge in [0.2, 0.25) is 0 Å². The molecule has 0 spiro atoms. The third-order valence-corrected chi connectivity index (χ3v) is 5.92. The van der Waals surface area contributed by atoms with Crippen LogP contribution < -0.4 is 4.74 Å². The number of rotatable bonds is 7. The van der Waals surface area contributed by atoms with Crippen LogP contribution in [0, 0.1) is 0 Å². The van der Waals surface area contributed by atoms with Crippen LogP contribution >= 0.6 is 0 Å². The zero-order valence-electron chi connectivity index (χ0n) is 21.3. The average Bonchev–Trinajstić information content (AvgIpc) is 3.01. The van der Waals surface area contributed by atoms with Gasteiger partial charge in [0.15, 0.2) is 0 Å². The fourth-order valence-electron chi connectivity index (χ4n) is 4.05. The van der Waals surface area contributed by atoms with Crippen molar-refractivity contribution >= 4 is 17.4 Å². The van der Waals surface area contributed by atoms with Gasteiger partial charge in [-0.1, -0.05) is 45.0 Å². The number of benzene rings is 2. The Balaban J connectivity index is 2.08. The molecule has 1 heterocycles. The Hall–Kier alpha value is -3.12. The standard InChI is InChI=1S/C28H36N2O4/c1-18(2)34-22-14-10-20(11-15-22)25(31)23-24(19-8-12-21(13-9-19)28(3,4)5)30(17-16-29(6)7)27(33)26(23)32/h8-15,18,24,31H,16-17H2,1-7H3/b25-23+/t24-/m0/s1. The number of carbonyl (C=O) groups excluding carboxylic acids is 2. The molecule has 3 rings (SSSR count). The van der Waals surface area contributed by atoms with Gasteiger partial charge in [-0.2, -0.15) is 0 Å². The number of ketones is 1. The van der Waals surface area contributed by atoms with E-state index in [1.54, 1.807) is 29.2 Å². The maximum absolute atomic E-state index is 13.2. The molecule has 2 aromatic carbocycles. The Kier molecular flexibility index (Phi) is 7.51. The molecule has 1 fully saturated rings. The van der Waals surface area contributed by atoms with Gasteiger partial charge in [0.1, 0.15) is 11.5 Å². The van der Waals surface area contributed by atoms with Crippen molar-refractivity contribution in [2.75, 3.05) is 27.2 Å². The highest BCUT2D eigenvalue weighted by Gasteiger charge is 2.45. The second-order valence-electron chi connectivity index (χ2n) is 10.4. The number of likely N-dealkylation sites (N-methyl/N-ethyl adjacent to an activating group) is 1. The topological polar surface area (TPSA) is 70.1 Å². The number of amides is 1. The van der Waals surface area contributed by atoms with E-state index in [2.05, 4.69) is 20.8 Å². The molecule has 0 saturated carbocycles. The molecule has 6 heteroatoms. The summed E-state index contributed by atoms with van der Waals surface area (Å²) in [5.41, 5.74) is 2.52. The fraction of sp³-hybridized carbons (Fsp3) is 0.429. The van der Waals surface area contributed by atoms with Gasteiger partial charge in [-0.15, -0.1) is 0 Å². The van der Waals surface area contributed by atoms with E-state index in [4.69, 9.17) is 4.74 Å². The smallest absolute Gasteiger partial charge is 0.295 e. The van der Waals surface area contributed by atoms with E-state index in [0.717, 1.165) is 11.1 Å². The molecule has 6 nitrogen and oxygen atoms in total. The molecule has 0 aromatic heterocycles. The zero-order chi connectivity index (χ0) is 25.2. The first-order valence-electron chi connectivity index (χ1n) is 11.7. The van der Waals surface area contributed by atoms with Crippen LogP contribution in [0.25, 0.3) is 5.76 Å². The van der Waals surface area contributed by atoms with Gasteiger partial charge in [0, 0.05) is 18.7 Å².